The van der Waals surface area contributed by atoms with Crippen LogP contribution in [0.4, 0.5) is 4.79 Å². The first kappa shape index (κ1) is 22.0. The molecule has 0 bridgehead atoms. The summed E-state index contributed by atoms with van der Waals surface area (Å²) >= 11 is 1.70. The van der Waals surface area contributed by atoms with Gasteiger partial charge in [0.05, 0.1) is 5.39 Å². The summed E-state index contributed by atoms with van der Waals surface area (Å²) in [7, 11) is 1.82. The summed E-state index contributed by atoms with van der Waals surface area (Å²) < 4.78 is 11.9. The van der Waals surface area contributed by atoms with Crippen LogP contribution in [0.15, 0.2) is 6.33 Å². The first-order chi connectivity index (χ1) is 14.8. The van der Waals surface area contributed by atoms with Crippen LogP contribution in [0.3, 0.4) is 0 Å². The standard InChI is InChI=1S/C23H31N3O4S/c1-23(2,3)30-22(28)26(4)15-6-8-16(9-7-15)29-20-19-18-14(11-12-27)5-10-17(18)31-21(19)25-13-24-20/h12-16H,5-11H2,1-4H3/t14?,15-,16-. The van der Waals surface area contributed by atoms with Gasteiger partial charge >= 0.3 is 6.09 Å². The van der Waals surface area contributed by atoms with E-state index in [-0.39, 0.29) is 24.2 Å². The molecule has 0 radical (unpaired) electrons. The molecule has 4 rings (SSSR count). The summed E-state index contributed by atoms with van der Waals surface area (Å²) in [6.07, 6.45) is 8.34. The Hall–Kier alpha value is -2.22. The van der Waals surface area contributed by atoms with Crippen molar-refractivity contribution in [2.45, 2.75) is 89.4 Å². The highest BCUT2D eigenvalue weighted by molar-refractivity contribution is 7.19. The molecule has 0 aliphatic heterocycles. The molecule has 0 saturated heterocycles. The first-order valence-corrected chi connectivity index (χ1v) is 11.9. The molecule has 1 amide bonds. The van der Waals surface area contributed by atoms with Crippen molar-refractivity contribution in [3.8, 4) is 5.88 Å². The fourth-order valence-corrected chi connectivity index (χ4v) is 5.90. The van der Waals surface area contributed by atoms with Crippen molar-refractivity contribution in [3.05, 3.63) is 16.8 Å². The van der Waals surface area contributed by atoms with Gasteiger partial charge < -0.3 is 19.2 Å². The predicted molar refractivity (Wildman–Crippen MR) is 120 cm³/mol. The van der Waals surface area contributed by atoms with Crippen molar-refractivity contribution in [1.82, 2.24) is 14.9 Å². The third-order valence-electron chi connectivity index (χ3n) is 6.23. The number of aryl methyl sites for hydroxylation is 1. The highest BCUT2D eigenvalue weighted by atomic mass is 32.1. The van der Waals surface area contributed by atoms with Gasteiger partial charge in [-0.1, -0.05) is 0 Å². The minimum atomic E-state index is -0.494. The Bertz CT molecular complexity index is 960. The molecule has 1 saturated carbocycles. The maximum atomic E-state index is 12.4. The normalized spacial score (nSPS) is 23.4. The third-order valence-corrected chi connectivity index (χ3v) is 7.40. The maximum absolute atomic E-state index is 12.4. The molecule has 1 atom stereocenters. The number of carbonyl (C=O) groups excluding carboxylic acids is 2. The van der Waals surface area contributed by atoms with E-state index in [0.29, 0.717) is 12.3 Å². The Morgan fingerprint density at radius 3 is 2.65 bits per heavy atom. The number of thiophene rings is 1. The van der Waals surface area contributed by atoms with E-state index in [1.807, 2.05) is 27.8 Å². The number of fused-ring (bicyclic) bond motifs is 3. The highest BCUT2D eigenvalue weighted by Gasteiger charge is 2.33. The quantitative estimate of drug-likeness (QED) is 0.611. The molecule has 7 nitrogen and oxygen atoms in total. The molecule has 1 unspecified atom stereocenters. The molecule has 0 aromatic carbocycles. The van der Waals surface area contributed by atoms with Gasteiger partial charge in [0.2, 0.25) is 5.88 Å². The Balaban J connectivity index is 1.44. The van der Waals surface area contributed by atoms with E-state index in [9.17, 15) is 9.59 Å². The molecule has 2 aliphatic carbocycles. The second kappa shape index (κ2) is 8.73. The molecule has 0 spiro atoms. The van der Waals surface area contributed by atoms with E-state index in [1.54, 1.807) is 22.6 Å². The van der Waals surface area contributed by atoms with Gasteiger partial charge in [0.1, 0.15) is 29.1 Å². The summed E-state index contributed by atoms with van der Waals surface area (Å²) in [6.45, 7) is 5.65. The van der Waals surface area contributed by atoms with Gasteiger partial charge in [-0.05, 0) is 70.8 Å². The molecule has 168 valence electrons. The first-order valence-electron chi connectivity index (χ1n) is 11.1. The van der Waals surface area contributed by atoms with Crippen LogP contribution in [0.25, 0.3) is 10.2 Å². The topological polar surface area (TPSA) is 81.6 Å². The Morgan fingerprint density at radius 2 is 1.97 bits per heavy atom. The number of nitrogens with zero attached hydrogens (tertiary/aromatic N) is 3. The Morgan fingerprint density at radius 1 is 1.23 bits per heavy atom. The van der Waals surface area contributed by atoms with Crippen LogP contribution < -0.4 is 4.74 Å². The van der Waals surface area contributed by atoms with Crippen molar-refractivity contribution in [2.24, 2.45) is 0 Å². The molecule has 1 fully saturated rings. The Kier molecular flexibility index (Phi) is 6.19. The number of hydrogen-bond donors (Lipinski definition) is 0. The lowest BCUT2D eigenvalue weighted by Crippen LogP contribution is -2.43. The number of amides is 1. The van der Waals surface area contributed by atoms with Crippen LogP contribution in [-0.4, -0.2) is 52.0 Å². The Labute approximate surface area is 187 Å². The van der Waals surface area contributed by atoms with Gasteiger partial charge in [-0.3, -0.25) is 0 Å². The molecule has 2 heterocycles. The van der Waals surface area contributed by atoms with Crippen LogP contribution in [0, 0.1) is 0 Å². The zero-order valence-corrected chi connectivity index (χ0v) is 19.5. The van der Waals surface area contributed by atoms with Crippen LogP contribution >= 0.6 is 11.3 Å². The SMILES string of the molecule is CN(C(=O)OC(C)(C)C)[C@H]1CC[C@H](Oc2ncnc3sc4c(c23)C(CC=O)CC4)CC1. The van der Waals surface area contributed by atoms with Crippen molar-refractivity contribution in [2.75, 3.05) is 7.05 Å². The monoisotopic (exact) mass is 445 g/mol. The van der Waals surface area contributed by atoms with Crippen molar-refractivity contribution in [3.63, 3.8) is 0 Å². The maximum Gasteiger partial charge on any atom is 0.410 e. The molecular weight excluding hydrogens is 414 g/mol. The summed E-state index contributed by atoms with van der Waals surface area (Å²) in [4.78, 5) is 36.4. The zero-order chi connectivity index (χ0) is 22.2. The zero-order valence-electron chi connectivity index (χ0n) is 18.7. The van der Waals surface area contributed by atoms with Gasteiger partial charge in [0, 0.05) is 24.4 Å². The second-order valence-electron chi connectivity index (χ2n) is 9.58. The van der Waals surface area contributed by atoms with Gasteiger partial charge in [0.25, 0.3) is 0 Å². The molecule has 0 N–H and O–H groups in total. The summed E-state index contributed by atoms with van der Waals surface area (Å²) in [5, 5.41) is 1.000. The molecule has 2 aromatic heterocycles. The number of ether oxygens (including phenoxy) is 2. The van der Waals surface area contributed by atoms with Crippen LogP contribution in [-0.2, 0) is 16.0 Å². The number of rotatable bonds is 5. The fourth-order valence-electron chi connectivity index (χ4n) is 4.67. The minimum absolute atomic E-state index is 0.0582. The van der Waals surface area contributed by atoms with Crippen molar-refractivity contribution in [1.29, 1.82) is 0 Å². The van der Waals surface area contributed by atoms with Crippen LogP contribution in [0.5, 0.6) is 5.88 Å². The van der Waals surface area contributed by atoms with Gasteiger partial charge in [-0.25, -0.2) is 14.8 Å². The molecule has 8 heteroatoms. The highest BCUT2D eigenvalue weighted by Crippen LogP contribution is 2.47. The molecular formula is C23H31N3O4S. The summed E-state index contributed by atoms with van der Waals surface area (Å²) in [6, 6.07) is 0.155. The number of aldehydes is 1. The fraction of sp³-hybridized carbons (Fsp3) is 0.652. The predicted octanol–water partition coefficient (Wildman–Crippen LogP) is 4.87. The van der Waals surface area contributed by atoms with Gasteiger partial charge in [-0.2, -0.15) is 0 Å². The van der Waals surface area contributed by atoms with Gasteiger partial charge in [0.15, 0.2) is 0 Å². The number of aromatic nitrogens is 2. The average Bonchev–Trinajstić information content (AvgIpc) is 3.27. The number of carbonyl (C=O) groups is 2. The van der Waals surface area contributed by atoms with Crippen LogP contribution in [0.2, 0.25) is 0 Å². The largest absolute Gasteiger partial charge is 0.474 e. The third kappa shape index (κ3) is 4.68. The van der Waals surface area contributed by atoms with E-state index in [1.165, 1.54) is 10.4 Å². The average molecular weight is 446 g/mol. The summed E-state index contributed by atoms with van der Waals surface area (Å²) in [5.41, 5.74) is 0.730. The van der Waals surface area contributed by atoms with E-state index >= 15 is 0 Å². The second-order valence-corrected chi connectivity index (χ2v) is 10.7. The van der Waals surface area contributed by atoms with Gasteiger partial charge in [-0.15, -0.1) is 11.3 Å². The lowest BCUT2D eigenvalue weighted by molar-refractivity contribution is -0.108. The van der Waals surface area contributed by atoms with Crippen LogP contribution in [0.1, 0.15) is 75.7 Å². The summed E-state index contributed by atoms with van der Waals surface area (Å²) in [5.74, 6) is 0.886. The van der Waals surface area contributed by atoms with Crippen molar-refractivity contribution >= 4 is 33.9 Å². The molecule has 2 aromatic rings. The van der Waals surface area contributed by atoms with E-state index in [0.717, 1.165) is 55.0 Å². The molecule has 31 heavy (non-hydrogen) atoms. The molecule has 2 aliphatic rings. The van der Waals surface area contributed by atoms with E-state index < -0.39 is 5.60 Å². The van der Waals surface area contributed by atoms with E-state index in [2.05, 4.69) is 9.97 Å². The lowest BCUT2D eigenvalue weighted by atomic mass is 9.92. The minimum Gasteiger partial charge on any atom is -0.474 e. The smallest absolute Gasteiger partial charge is 0.410 e. The van der Waals surface area contributed by atoms with E-state index in [4.69, 9.17) is 9.47 Å². The lowest BCUT2D eigenvalue weighted by Gasteiger charge is -2.35. The number of hydrogen-bond acceptors (Lipinski definition) is 7. The van der Waals surface area contributed by atoms with Crippen molar-refractivity contribution < 1.29 is 19.1 Å².